The van der Waals surface area contributed by atoms with Crippen molar-refractivity contribution in [2.75, 3.05) is 6.54 Å². The van der Waals surface area contributed by atoms with Crippen LogP contribution < -0.4 is 5.32 Å². The Bertz CT molecular complexity index is 528. The maximum Gasteiger partial charge on any atom is 0.0450 e. The van der Waals surface area contributed by atoms with E-state index in [0.717, 1.165) is 23.1 Å². The molecule has 0 saturated heterocycles. The van der Waals surface area contributed by atoms with Crippen molar-refractivity contribution in [1.29, 1.82) is 0 Å². The molecule has 0 aliphatic carbocycles. The Morgan fingerprint density at radius 3 is 2.55 bits per heavy atom. The van der Waals surface area contributed by atoms with E-state index in [1.54, 1.807) is 0 Å². The van der Waals surface area contributed by atoms with E-state index in [0.29, 0.717) is 5.92 Å². The van der Waals surface area contributed by atoms with Crippen molar-refractivity contribution < 1.29 is 0 Å². The molecule has 0 radical (unpaired) electrons. The Labute approximate surface area is 129 Å². The summed E-state index contributed by atoms with van der Waals surface area (Å²) in [4.78, 5) is 4.51. The maximum atomic E-state index is 4.51. The second-order valence-electron chi connectivity index (χ2n) is 5.00. The topological polar surface area (TPSA) is 24.9 Å². The van der Waals surface area contributed by atoms with Gasteiger partial charge in [0.2, 0.25) is 0 Å². The summed E-state index contributed by atoms with van der Waals surface area (Å²) in [5, 5.41) is 3.65. The summed E-state index contributed by atoms with van der Waals surface area (Å²) in [7, 11) is 0. The lowest BCUT2D eigenvalue weighted by Gasteiger charge is -2.26. The molecular weight excluding hydrogens is 312 g/mol. The minimum absolute atomic E-state index is 0.264. The molecule has 2 nitrogen and oxygen atoms in total. The van der Waals surface area contributed by atoms with E-state index in [1.807, 2.05) is 12.3 Å². The molecule has 0 fully saturated rings. The largest absolute Gasteiger partial charge is 0.309 e. The summed E-state index contributed by atoms with van der Waals surface area (Å²) in [5.74, 6) is 0.321. The number of hydrogen-bond donors (Lipinski definition) is 1. The Hall–Kier alpha value is -1.19. The zero-order valence-electron chi connectivity index (χ0n) is 12.0. The molecular formula is C17H21BrN2. The highest BCUT2D eigenvalue weighted by molar-refractivity contribution is 9.10. The molecule has 1 N–H and O–H groups in total. The number of aromatic nitrogens is 1. The van der Waals surface area contributed by atoms with E-state index in [9.17, 15) is 0 Å². The first-order valence-corrected chi connectivity index (χ1v) is 7.92. The number of hydrogen-bond acceptors (Lipinski definition) is 2. The quantitative estimate of drug-likeness (QED) is 0.830. The van der Waals surface area contributed by atoms with Gasteiger partial charge in [-0.1, -0.05) is 54.0 Å². The predicted molar refractivity (Wildman–Crippen MR) is 87.8 cm³/mol. The first-order valence-electron chi connectivity index (χ1n) is 7.12. The molecule has 1 aromatic carbocycles. The highest BCUT2D eigenvalue weighted by atomic mass is 79.9. The van der Waals surface area contributed by atoms with Crippen LogP contribution in [0.1, 0.15) is 43.5 Å². The average molecular weight is 333 g/mol. The van der Waals surface area contributed by atoms with Crippen LogP contribution in [0.5, 0.6) is 0 Å². The molecule has 2 aromatic rings. The third-order valence-electron chi connectivity index (χ3n) is 3.51. The zero-order chi connectivity index (χ0) is 14.4. The van der Waals surface area contributed by atoms with Gasteiger partial charge in [0.05, 0.1) is 0 Å². The standard InChI is InChI=1S/C17H21BrN2/c1-3-11-20-17(14-8-4-5-9-15(14)18)13(2)16-10-6-7-12-19-16/h4-10,12-13,17,20H,3,11H2,1-2H3. The molecule has 3 heteroatoms. The highest BCUT2D eigenvalue weighted by Crippen LogP contribution is 2.33. The molecule has 0 spiro atoms. The van der Waals surface area contributed by atoms with Crippen LogP contribution >= 0.6 is 15.9 Å². The summed E-state index contributed by atoms with van der Waals surface area (Å²) in [5.41, 5.74) is 2.41. The number of benzene rings is 1. The number of halogens is 1. The highest BCUT2D eigenvalue weighted by Gasteiger charge is 2.22. The Balaban J connectivity index is 2.30. The Morgan fingerprint density at radius 2 is 1.90 bits per heavy atom. The molecule has 1 aromatic heterocycles. The summed E-state index contributed by atoms with van der Waals surface area (Å²) >= 11 is 3.67. The molecule has 1 heterocycles. The summed E-state index contributed by atoms with van der Waals surface area (Å²) in [6.45, 7) is 5.42. The third-order valence-corrected chi connectivity index (χ3v) is 4.23. The van der Waals surface area contributed by atoms with Crippen molar-refractivity contribution in [3.8, 4) is 0 Å². The fourth-order valence-electron chi connectivity index (χ4n) is 2.40. The van der Waals surface area contributed by atoms with Gasteiger partial charge >= 0.3 is 0 Å². The minimum atomic E-state index is 0.264. The fourth-order valence-corrected chi connectivity index (χ4v) is 2.93. The lowest BCUT2D eigenvalue weighted by molar-refractivity contribution is 0.458. The molecule has 0 aliphatic rings. The van der Waals surface area contributed by atoms with Crippen molar-refractivity contribution in [2.45, 2.75) is 32.2 Å². The number of pyridine rings is 1. The van der Waals surface area contributed by atoms with Crippen LogP contribution in [0.3, 0.4) is 0 Å². The van der Waals surface area contributed by atoms with Crippen LogP contribution in [0.2, 0.25) is 0 Å². The summed E-state index contributed by atoms with van der Waals surface area (Å²) in [6, 6.07) is 14.8. The van der Waals surface area contributed by atoms with E-state index in [4.69, 9.17) is 0 Å². The van der Waals surface area contributed by atoms with Crippen LogP contribution in [0.25, 0.3) is 0 Å². The second-order valence-corrected chi connectivity index (χ2v) is 5.85. The lowest BCUT2D eigenvalue weighted by Crippen LogP contribution is -2.27. The van der Waals surface area contributed by atoms with Crippen molar-refractivity contribution in [2.24, 2.45) is 0 Å². The van der Waals surface area contributed by atoms with Crippen LogP contribution in [-0.4, -0.2) is 11.5 Å². The molecule has 106 valence electrons. The average Bonchev–Trinajstić information content (AvgIpc) is 2.50. The van der Waals surface area contributed by atoms with E-state index in [-0.39, 0.29) is 6.04 Å². The van der Waals surface area contributed by atoms with Crippen molar-refractivity contribution in [1.82, 2.24) is 10.3 Å². The van der Waals surface area contributed by atoms with Gasteiger partial charge in [-0.2, -0.15) is 0 Å². The monoisotopic (exact) mass is 332 g/mol. The number of nitrogens with one attached hydrogen (secondary N) is 1. The van der Waals surface area contributed by atoms with Crippen LogP contribution in [0.4, 0.5) is 0 Å². The van der Waals surface area contributed by atoms with E-state index >= 15 is 0 Å². The normalized spacial score (nSPS) is 13.9. The zero-order valence-corrected chi connectivity index (χ0v) is 13.6. The maximum absolute atomic E-state index is 4.51. The van der Waals surface area contributed by atoms with E-state index in [2.05, 4.69) is 76.5 Å². The first kappa shape index (κ1) is 15.2. The van der Waals surface area contributed by atoms with Gasteiger partial charge in [0.15, 0.2) is 0 Å². The molecule has 20 heavy (non-hydrogen) atoms. The lowest BCUT2D eigenvalue weighted by atomic mass is 9.91. The van der Waals surface area contributed by atoms with Gasteiger partial charge in [0.1, 0.15) is 0 Å². The van der Waals surface area contributed by atoms with Gasteiger partial charge in [0, 0.05) is 28.3 Å². The summed E-state index contributed by atoms with van der Waals surface area (Å²) < 4.78 is 1.15. The molecule has 0 saturated carbocycles. The fraction of sp³-hybridized carbons (Fsp3) is 0.353. The van der Waals surface area contributed by atoms with Crippen LogP contribution in [0.15, 0.2) is 53.1 Å². The SMILES string of the molecule is CCCNC(c1ccccc1Br)C(C)c1ccccn1. The Kier molecular flexibility index (Phi) is 5.74. The molecule has 2 atom stereocenters. The number of rotatable bonds is 6. The van der Waals surface area contributed by atoms with Gasteiger partial charge < -0.3 is 5.32 Å². The van der Waals surface area contributed by atoms with E-state index in [1.165, 1.54) is 5.56 Å². The van der Waals surface area contributed by atoms with Crippen LogP contribution in [-0.2, 0) is 0 Å². The predicted octanol–water partition coefficient (Wildman–Crippen LogP) is 4.69. The molecule has 0 bridgehead atoms. The molecule has 2 rings (SSSR count). The summed E-state index contributed by atoms with van der Waals surface area (Å²) in [6.07, 6.45) is 2.98. The molecule has 2 unspecified atom stereocenters. The van der Waals surface area contributed by atoms with Gasteiger partial charge in [-0.05, 0) is 36.7 Å². The molecule has 0 aliphatic heterocycles. The van der Waals surface area contributed by atoms with E-state index < -0.39 is 0 Å². The first-order chi connectivity index (χ1) is 9.74. The van der Waals surface area contributed by atoms with Crippen molar-refractivity contribution in [3.05, 3.63) is 64.4 Å². The van der Waals surface area contributed by atoms with Crippen LogP contribution in [0, 0.1) is 0 Å². The minimum Gasteiger partial charge on any atom is -0.309 e. The Morgan fingerprint density at radius 1 is 1.15 bits per heavy atom. The second kappa shape index (κ2) is 7.55. The van der Waals surface area contributed by atoms with Gasteiger partial charge in [-0.15, -0.1) is 0 Å². The van der Waals surface area contributed by atoms with Crippen molar-refractivity contribution >= 4 is 15.9 Å². The van der Waals surface area contributed by atoms with Gasteiger partial charge in [-0.3, -0.25) is 4.98 Å². The smallest absolute Gasteiger partial charge is 0.0450 e. The van der Waals surface area contributed by atoms with Crippen molar-refractivity contribution in [3.63, 3.8) is 0 Å². The van der Waals surface area contributed by atoms with Gasteiger partial charge in [-0.25, -0.2) is 0 Å². The third kappa shape index (κ3) is 3.68. The number of nitrogens with zero attached hydrogens (tertiary/aromatic N) is 1. The molecule has 0 amide bonds. The van der Waals surface area contributed by atoms with Gasteiger partial charge in [0.25, 0.3) is 0 Å².